The number of hydrogen-bond acceptors (Lipinski definition) is 8. The molecule has 2 aliphatic rings. The number of anilines is 2. The van der Waals surface area contributed by atoms with Gasteiger partial charge in [-0.05, 0) is 66.3 Å². The average molecular weight is 572 g/mol. The highest BCUT2D eigenvalue weighted by molar-refractivity contribution is 7.85. The largest absolute Gasteiger partial charge is 0.494 e. The van der Waals surface area contributed by atoms with Crippen LogP contribution in [0.4, 0.5) is 22.7 Å². The van der Waals surface area contributed by atoms with Crippen LogP contribution in [-0.4, -0.2) is 66.0 Å². The fourth-order valence-corrected chi connectivity index (χ4v) is 6.71. The van der Waals surface area contributed by atoms with Crippen molar-refractivity contribution < 1.29 is 14.6 Å². The summed E-state index contributed by atoms with van der Waals surface area (Å²) >= 11 is 0. The fraction of sp³-hybridized carbons (Fsp3) is 0.267. The van der Waals surface area contributed by atoms with Crippen molar-refractivity contribution in [2.75, 3.05) is 50.4 Å². The Hall–Kier alpha value is -4.03. The van der Waals surface area contributed by atoms with E-state index in [2.05, 4.69) is 19.9 Å². The van der Waals surface area contributed by atoms with Crippen molar-refractivity contribution in [3.8, 4) is 5.88 Å². The SMILES string of the molecule is CC(=Nc1ccc(C(=O)Nc2ccccc2N)cc1)c1c(O)[nH]c2ccc3c(c12)CS(NCCN1CCOCC1)=N3. The highest BCUT2D eigenvalue weighted by Gasteiger charge is 2.23. The minimum atomic E-state index is -0.322. The molecule has 2 aliphatic heterocycles. The maximum Gasteiger partial charge on any atom is 0.255 e. The van der Waals surface area contributed by atoms with E-state index >= 15 is 0 Å². The predicted octanol–water partition coefficient (Wildman–Crippen LogP) is 4.63. The number of aromatic amines is 1. The molecule has 0 saturated carbocycles. The van der Waals surface area contributed by atoms with Crippen molar-refractivity contribution in [2.24, 2.45) is 9.36 Å². The van der Waals surface area contributed by atoms with Crippen LogP contribution in [0.15, 0.2) is 70.0 Å². The molecule has 3 aromatic carbocycles. The zero-order valence-electron chi connectivity index (χ0n) is 22.8. The second kappa shape index (κ2) is 11.8. The Balaban J connectivity index is 1.18. The number of amides is 1. The third-order valence-corrected chi connectivity index (χ3v) is 8.83. The van der Waals surface area contributed by atoms with Crippen LogP contribution in [0, 0.1) is 0 Å². The molecule has 0 radical (unpaired) electrons. The summed E-state index contributed by atoms with van der Waals surface area (Å²) in [6.45, 7) is 7.24. The monoisotopic (exact) mass is 571 g/mol. The smallest absolute Gasteiger partial charge is 0.255 e. The molecule has 3 heterocycles. The quantitative estimate of drug-likeness (QED) is 0.154. The van der Waals surface area contributed by atoms with Gasteiger partial charge in [0.15, 0.2) is 5.88 Å². The van der Waals surface area contributed by atoms with E-state index in [1.165, 1.54) is 0 Å². The zero-order chi connectivity index (χ0) is 28.3. The number of hydrogen-bond donors (Lipinski definition) is 5. The molecule has 10 nitrogen and oxygen atoms in total. The molecule has 1 saturated heterocycles. The van der Waals surface area contributed by atoms with Crippen LogP contribution < -0.4 is 15.8 Å². The van der Waals surface area contributed by atoms with Gasteiger partial charge in [0, 0.05) is 54.0 Å². The number of rotatable bonds is 8. The van der Waals surface area contributed by atoms with E-state index in [9.17, 15) is 9.90 Å². The van der Waals surface area contributed by atoms with Crippen LogP contribution in [0.3, 0.4) is 0 Å². The average Bonchev–Trinajstić information content (AvgIpc) is 3.55. The number of morpholine rings is 1. The number of nitrogens with two attached hydrogens (primary N) is 1. The Labute approximate surface area is 240 Å². The van der Waals surface area contributed by atoms with E-state index in [-0.39, 0.29) is 22.7 Å². The molecule has 0 aliphatic carbocycles. The summed E-state index contributed by atoms with van der Waals surface area (Å²) in [6.07, 6.45) is 0. The van der Waals surface area contributed by atoms with E-state index in [1.807, 2.05) is 31.2 Å². The van der Waals surface area contributed by atoms with Crippen LogP contribution >= 0.6 is 0 Å². The number of ether oxygens (including phenoxy) is 1. The number of aromatic nitrogens is 1. The molecule has 1 amide bonds. The summed E-state index contributed by atoms with van der Waals surface area (Å²) in [7, 11) is -0.322. The van der Waals surface area contributed by atoms with E-state index in [4.69, 9.17) is 19.8 Å². The van der Waals surface area contributed by atoms with Crippen molar-refractivity contribution in [3.63, 3.8) is 0 Å². The lowest BCUT2D eigenvalue weighted by molar-refractivity contribution is 0.0390. The Morgan fingerprint density at radius 1 is 1.15 bits per heavy atom. The fourth-order valence-electron chi connectivity index (χ4n) is 5.18. The van der Waals surface area contributed by atoms with Gasteiger partial charge in [-0.3, -0.25) is 19.4 Å². The van der Waals surface area contributed by atoms with E-state index < -0.39 is 0 Å². The normalized spacial score (nSPS) is 17.4. The Kier molecular flexibility index (Phi) is 7.84. The molecule has 1 atom stereocenters. The third-order valence-electron chi connectivity index (χ3n) is 7.32. The second-order valence-electron chi connectivity index (χ2n) is 10.1. The molecule has 41 heavy (non-hydrogen) atoms. The molecule has 6 N–H and O–H groups in total. The van der Waals surface area contributed by atoms with Gasteiger partial charge < -0.3 is 25.9 Å². The van der Waals surface area contributed by atoms with Gasteiger partial charge in [-0.25, -0.2) is 4.36 Å². The predicted molar refractivity (Wildman–Crippen MR) is 166 cm³/mol. The van der Waals surface area contributed by atoms with E-state index in [0.717, 1.165) is 67.3 Å². The molecule has 0 spiro atoms. The maximum atomic E-state index is 12.7. The maximum absolute atomic E-state index is 12.7. The van der Waals surface area contributed by atoms with Crippen molar-refractivity contribution in [2.45, 2.75) is 12.7 Å². The molecule has 1 aromatic heterocycles. The summed E-state index contributed by atoms with van der Waals surface area (Å²) < 4.78 is 14.0. The number of aromatic hydroxyl groups is 1. The van der Waals surface area contributed by atoms with E-state index in [0.29, 0.717) is 33.9 Å². The molecule has 4 aromatic rings. The number of benzene rings is 3. The first kappa shape index (κ1) is 27.2. The number of nitrogens with zero attached hydrogens (tertiary/aromatic N) is 3. The molecule has 6 rings (SSSR count). The lowest BCUT2D eigenvalue weighted by Crippen LogP contribution is -2.40. The van der Waals surface area contributed by atoms with Gasteiger partial charge in [0.1, 0.15) is 0 Å². The second-order valence-corrected chi connectivity index (χ2v) is 11.6. The number of fused-ring (bicyclic) bond motifs is 3. The van der Waals surface area contributed by atoms with Crippen LogP contribution in [0.2, 0.25) is 0 Å². The summed E-state index contributed by atoms with van der Waals surface area (Å²) in [4.78, 5) is 23.0. The Bertz CT molecular complexity index is 1660. The number of para-hydroxylation sites is 2. The lowest BCUT2D eigenvalue weighted by Gasteiger charge is -2.26. The number of carbonyl (C=O) groups is 1. The zero-order valence-corrected chi connectivity index (χ0v) is 23.6. The molecular weight excluding hydrogens is 538 g/mol. The minimum Gasteiger partial charge on any atom is -0.494 e. The number of nitrogen functional groups attached to an aromatic ring is 1. The lowest BCUT2D eigenvalue weighted by atomic mass is 10.0. The number of nitrogens with one attached hydrogen (secondary N) is 3. The van der Waals surface area contributed by atoms with Gasteiger partial charge >= 0.3 is 0 Å². The topological polar surface area (TPSA) is 140 Å². The van der Waals surface area contributed by atoms with Gasteiger partial charge in [-0.2, -0.15) is 0 Å². The Morgan fingerprint density at radius 2 is 1.93 bits per heavy atom. The first-order valence-electron chi connectivity index (χ1n) is 13.6. The van der Waals surface area contributed by atoms with Gasteiger partial charge in [0.05, 0.1) is 47.2 Å². The Morgan fingerprint density at radius 3 is 2.71 bits per heavy atom. The highest BCUT2D eigenvalue weighted by Crippen LogP contribution is 2.39. The summed E-state index contributed by atoms with van der Waals surface area (Å²) in [5, 5.41) is 14.7. The van der Waals surface area contributed by atoms with Crippen LogP contribution in [0.1, 0.15) is 28.4 Å². The van der Waals surface area contributed by atoms with Crippen LogP contribution in [0.25, 0.3) is 10.9 Å². The van der Waals surface area contributed by atoms with Gasteiger partial charge in [0.25, 0.3) is 5.91 Å². The van der Waals surface area contributed by atoms with Gasteiger partial charge in [0.2, 0.25) is 0 Å². The third kappa shape index (κ3) is 5.89. The molecule has 1 unspecified atom stereocenters. The van der Waals surface area contributed by atoms with E-state index in [1.54, 1.807) is 36.4 Å². The first-order valence-corrected chi connectivity index (χ1v) is 15.0. The van der Waals surface area contributed by atoms with Gasteiger partial charge in [-0.1, -0.05) is 12.1 Å². The van der Waals surface area contributed by atoms with Crippen molar-refractivity contribution >= 4 is 56.1 Å². The number of H-pyrrole nitrogens is 1. The van der Waals surface area contributed by atoms with Crippen molar-refractivity contribution in [3.05, 3.63) is 77.4 Å². The molecule has 1 fully saturated rings. The minimum absolute atomic E-state index is 0.0816. The van der Waals surface area contributed by atoms with Crippen LogP contribution in [0.5, 0.6) is 5.88 Å². The standard InChI is InChI=1S/C30H33N7O3S/c1-19(33-21-8-6-20(7-9-21)29(38)34-25-5-3-2-4-23(25)31)27-28-22-18-41(32-12-13-37-14-16-40-17-15-37)36-24(22)10-11-26(28)35-30(27)39/h2-11,35,39H,12-18,31H2,1H3,(H,32,36)(H,34,38). The molecule has 11 heteroatoms. The highest BCUT2D eigenvalue weighted by atomic mass is 32.2. The summed E-state index contributed by atoms with van der Waals surface area (Å²) in [6, 6.07) is 18.1. The summed E-state index contributed by atoms with van der Waals surface area (Å²) in [5.74, 6) is 0.596. The molecular formula is C30H33N7O3S. The molecule has 212 valence electrons. The van der Waals surface area contributed by atoms with Gasteiger partial charge in [-0.15, -0.1) is 0 Å². The van der Waals surface area contributed by atoms with Crippen LogP contribution in [-0.2, 0) is 21.4 Å². The first-order chi connectivity index (χ1) is 20.0. The molecule has 0 bridgehead atoms. The number of carbonyl (C=O) groups excluding carboxylic acids is 1. The van der Waals surface area contributed by atoms with Crippen molar-refractivity contribution in [1.29, 1.82) is 0 Å². The number of aliphatic imine (C=N–C) groups is 1. The summed E-state index contributed by atoms with van der Waals surface area (Å²) in [5.41, 5.74) is 12.4. The van der Waals surface area contributed by atoms with Crippen molar-refractivity contribution in [1.82, 2.24) is 14.6 Å².